The van der Waals surface area contributed by atoms with Crippen molar-refractivity contribution in [2.75, 3.05) is 18.5 Å². The Labute approximate surface area is 141 Å². The molecule has 122 valence electrons. The molecule has 0 aromatic heterocycles. The van der Waals surface area contributed by atoms with Gasteiger partial charge in [-0.2, -0.15) is 0 Å². The van der Waals surface area contributed by atoms with Crippen LogP contribution in [0.4, 0.5) is 19.3 Å². The first-order valence-corrected chi connectivity index (χ1v) is 7.64. The molecule has 0 aliphatic rings. The number of nitrogens with one attached hydrogen (secondary N) is 2. The van der Waals surface area contributed by atoms with E-state index in [2.05, 4.69) is 26.6 Å². The number of anilines is 1. The van der Waals surface area contributed by atoms with Crippen LogP contribution >= 0.6 is 15.9 Å². The van der Waals surface area contributed by atoms with Gasteiger partial charge in [0.05, 0.1) is 6.54 Å². The number of hydrogen-bond donors (Lipinski definition) is 2. The van der Waals surface area contributed by atoms with E-state index in [1.165, 1.54) is 6.07 Å². The lowest BCUT2D eigenvalue weighted by molar-refractivity contribution is 0.246. The summed E-state index contributed by atoms with van der Waals surface area (Å²) in [5, 5.41) is 5.30. The molecule has 2 N–H and O–H groups in total. The molecule has 2 rings (SSSR count). The molecule has 0 heterocycles. The second-order valence-electron chi connectivity index (χ2n) is 4.76. The summed E-state index contributed by atoms with van der Waals surface area (Å²) in [6, 6.07) is 8.15. The fourth-order valence-electron chi connectivity index (χ4n) is 1.85. The van der Waals surface area contributed by atoms with E-state index in [1.54, 1.807) is 6.07 Å². The van der Waals surface area contributed by atoms with Crippen LogP contribution in [-0.2, 0) is 0 Å². The Kier molecular flexibility index (Phi) is 5.92. The molecule has 0 saturated heterocycles. The molecule has 2 aromatic carbocycles. The first-order valence-electron chi connectivity index (χ1n) is 6.84. The predicted molar refractivity (Wildman–Crippen MR) is 87.8 cm³/mol. The second kappa shape index (κ2) is 7.92. The van der Waals surface area contributed by atoms with E-state index in [1.807, 2.05) is 19.1 Å². The maximum atomic E-state index is 13.3. The van der Waals surface area contributed by atoms with Crippen LogP contribution in [0.1, 0.15) is 5.56 Å². The third kappa shape index (κ3) is 5.21. The minimum Gasteiger partial charge on any atom is -0.489 e. The van der Waals surface area contributed by atoms with Crippen molar-refractivity contribution in [3.63, 3.8) is 0 Å². The Balaban J connectivity index is 1.76. The molecule has 0 radical (unpaired) electrons. The Hall–Kier alpha value is -2.15. The van der Waals surface area contributed by atoms with Crippen molar-refractivity contribution in [3.05, 3.63) is 58.1 Å². The molecule has 23 heavy (non-hydrogen) atoms. The van der Waals surface area contributed by atoms with E-state index in [0.29, 0.717) is 5.69 Å². The fourth-order valence-corrected chi connectivity index (χ4v) is 2.33. The predicted octanol–water partition coefficient (Wildman–Crippen LogP) is 4.24. The Morgan fingerprint density at radius 3 is 2.70 bits per heavy atom. The van der Waals surface area contributed by atoms with Crippen molar-refractivity contribution in [2.45, 2.75) is 6.92 Å². The van der Waals surface area contributed by atoms with Crippen molar-refractivity contribution in [3.8, 4) is 5.75 Å². The van der Waals surface area contributed by atoms with Crippen molar-refractivity contribution < 1.29 is 18.3 Å². The van der Waals surface area contributed by atoms with Gasteiger partial charge in [0.15, 0.2) is 11.6 Å². The maximum absolute atomic E-state index is 13.3. The number of carbonyl (C=O) groups is 1. The fraction of sp³-hybridized carbons (Fsp3) is 0.188. The molecule has 0 saturated carbocycles. The number of aryl methyl sites for hydroxylation is 1. The summed E-state index contributed by atoms with van der Waals surface area (Å²) in [4.78, 5) is 11.8. The number of carbonyl (C=O) groups excluding carboxylic acids is 1. The number of hydrogen-bond acceptors (Lipinski definition) is 2. The summed E-state index contributed by atoms with van der Waals surface area (Å²) in [5.41, 5.74) is 1.61. The zero-order chi connectivity index (χ0) is 16.8. The zero-order valence-corrected chi connectivity index (χ0v) is 13.9. The van der Waals surface area contributed by atoms with E-state index in [-0.39, 0.29) is 18.9 Å². The van der Waals surface area contributed by atoms with Crippen LogP contribution in [0.2, 0.25) is 0 Å². The standard InChI is InChI=1S/C16H15BrF2N2O2/c1-10-8-11(17)2-4-14(10)21-16(22)20-6-7-23-15-5-3-12(18)9-13(15)19/h2-5,8-9H,6-7H2,1H3,(H2,20,21,22). The lowest BCUT2D eigenvalue weighted by atomic mass is 10.2. The number of rotatable bonds is 5. The lowest BCUT2D eigenvalue weighted by Crippen LogP contribution is -2.32. The van der Waals surface area contributed by atoms with E-state index >= 15 is 0 Å². The van der Waals surface area contributed by atoms with E-state index < -0.39 is 17.7 Å². The van der Waals surface area contributed by atoms with Crippen molar-refractivity contribution in [1.29, 1.82) is 0 Å². The highest BCUT2D eigenvalue weighted by atomic mass is 79.9. The van der Waals surface area contributed by atoms with Gasteiger partial charge >= 0.3 is 6.03 Å². The van der Waals surface area contributed by atoms with Gasteiger partial charge in [-0.05, 0) is 42.8 Å². The number of urea groups is 1. The molecule has 2 amide bonds. The normalized spacial score (nSPS) is 10.3. The Morgan fingerprint density at radius 1 is 1.22 bits per heavy atom. The van der Waals surface area contributed by atoms with E-state index in [9.17, 15) is 13.6 Å². The average molecular weight is 385 g/mol. The molecule has 0 bridgehead atoms. The summed E-state index contributed by atoms with van der Waals surface area (Å²) in [6.45, 7) is 2.12. The summed E-state index contributed by atoms with van der Waals surface area (Å²) >= 11 is 3.35. The number of benzene rings is 2. The summed E-state index contributed by atoms with van der Waals surface area (Å²) in [6.07, 6.45) is 0. The number of amides is 2. The van der Waals surface area contributed by atoms with Crippen LogP contribution in [0.25, 0.3) is 0 Å². The van der Waals surface area contributed by atoms with Crippen LogP contribution in [0.15, 0.2) is 40.9 Å². The highest BCUT2D eigenvalue weighted by molar-refractivity contribution is 9.10. The first kappa shape index (κ1) is 17.2. The molecule has 0 fully saturated rings. The largest absolute Gasteiger partial charge is 0.489 e. The Bertz CT molecular complexity index is 710. The van der Waals surface area contributed by atoms with Crippen LogP contribution in [0, 0.1) is 18.6 Å². The number of ether oxygens (including phenoxy) is 1. The van der Waals surface area contributed by atoms with Crippen molar-refractivity contribution in [2.24, 2.45) is 0 Å². The molecule has 0 aliphatic carbocycles. The van der Waals surface area contributed by atoms with Gasteiger partial charge in [-0.15, -0.1) is 0 Å². The minimum atomic E-state index is -0.778. The molecule has 0 aliphatic heterocycles. The maximum Gasteiger partial charge on any atom is 0.319 e. The number of halogens is 3. The lowest BCUT2D eigenvalue weighted by Gasteiger charge is -2.11. The van der Waals surface area contributed by atoms with Gasteiger partial charge in [0.1, 0.15) is 12.4 Å². The third-order valence-electron chi connectivity index (χ3n) is 2.98. The molecular formula is C16H15BrF2N2O2. The van der Waals surface area contributed by atoms with Crippen LogP contribution in [0.5, 0.6) is 5.75 Å². The van der Waals surface area contributed by atoms with Crippen molar-refractivity contribution >= 4 is 27.6 Å². The van der Waals surface area contributed by atoms with Gasteiger partial charge in [0, 0.05) is 16.2 Å². The quantitative estimate of drug-likeness (QED) is 0.757. The highest BCUT2D eigenvalue weighted by Gasteiger charge is 2.06. The van der Waals surface area contributed by atoms with Gasteiger partial charge in [0.25, 0.3) is 0 Å². The molecule has 2 aromatic rings. The van der Waals surface area contributed by atoms with Gasteiger partial charge in [-0.3, -0.25) is 0 Å². The van der Waals surface area contributed by atoms with Gasteiger partial charge < -0.3 is 15.4 Å². The van der Waals surface area contributed by atoms with Crippen LogP contribution in [-0.4, -0.2) is 19.2 Å². The molecule has 0 atom stereocenters. The van der Waals surface area contributed by atoms with E-state index in [0.717, 1.165) is 22.2 Å². The summed E-state index contributed by atoms with van der Waals surface area (Å²) < 4.78 is 32.1. The zero-order valence-electron chi connectivity index (χ0n) is 12.3. The van der Waals surface area contributed by atoms with Crippen LogP contribution in [0.3, 0.4) is 0 Å². The smallest absolute Gasteiger partial charge is 0.319 e. The summed E-state index contributed by atoms with van der Waals surface area (Å²) in [7, 11) is 0. The van der Waals surface area contributed by atoms with Gasteiger partial charge in [-0.1, -0.05) is 15.9 Å². The van der Waals surface area contributed by atoms with E-state index in [4.69, 9.17) is 4.74 Å². The third-order valence-corrected chi connectivity index (χ3v) is 3.47. The minimum absolute atomic E-state index is 0.0580. The molecule has 4 nitrogen and oxygen atoms in total. The molecular weight excluding hydrogens is 370 g/mol. The van der Waals surface area contributed by atoms with Gasteiger partial charge in [0.2, 0.25) is 0 Å². The van der Waals surface area contributed by atoms with Gasteiger partial charge in [-0.25, -0.2) is 13.6 Å². The summed E-state index contributed by atoms with van der Waals surface area (Å²) in [5.74, 6) is -1.51. The average Bonchev–Trinajstić information content (AvgIpc) is 2.48. The topological polar surface area (TPSA) is 50.4 Å². The van der Waals surface area contributed by atoms with Crippen molar-refractivity contribution in [1.82, 2.24) is 5.32 Å². The molecule has 0 unspecified atom stereocenters. The molecule has 7 heteroatoms. The molecule has 0 spiro atoms. The monoisotopic (exact) mass is 384 g/mol. The second-order valence-corrected chi connectivity index (χ2v) is 5.68. The Morgan fingerprint density at radius 2 is 2.00 bits per heavy atom. The highest BCUT2D eigenvalue weighted by Crippen LogP contribution is 2.20. The SMILES string of the molecule is Cc1cc(Br)ccc1NC(=O)NCCOc1ccc(F)cc1F. The van der Waals surface area contributed by atoms with Crippen LogP contribution < -0.4 is 15.4 Å². The first-order chi connectivity index (χ1) is 11.0.